The van der Waals surface area contributed by atoms with Crippen LogP contribution in [-0.2, 0) is 13.0 Å². The standard InChI is InChI=1S/C22H23F2N3O2/c23-22(24)28-19-9-5-4-8-18(19)21-25-20(29-26-21)15-27-12-10-17(11-13-27)14-16-6-2-1-3-7-16/h1-9,17,22H,10-15H2. The molecule has 2 heterocycles. The number of piperidine rings is 1. The molecule has 152 valence electrons. The molecule has 0 bridgehead atoms. The lowest BCUT2D eigenvalue weighted by molar-refractivity contribution is -0.0494. The summed E-state index contributed by atoms with van der Waals surface area (Å²) in [6.45, 7) is -0.400. The zero-order chi connectivity index (χ0) is 20.1. The first-order valence-corrected chi connectivity index (χ1v) is 9.80. The van der Waals surface area contributed by atoms with Crippen LogP contribution in [0.15, 0.2) is 59.1 Å². The van der Waals surface area contributed by atoms with Crippen LogP contribution in [-0.4, -0.2) is 34.7 Å². The van der Waals surface area contributed by atoms with Gasteiger partial charge in [-0.05, 0) is 56.0 Å². The third-order valence-electron chi connectivity index (χ3n) is 5.25. The Hall–Kier alpha value is -2.80. The number of hydrogen-bond acceptors (Lipinski definition) is 5. The van der Waals surface area contributed by atoms with E-state index in [0.29, 0.717) is 23.9 Å². The van der Waals surface area contributed by atoms with Gasteiger partial charge in [-0.1, -0.05) is 47.6 Å². The van der Waals surface area contributed by atoms with Crippen LogP contribution in [0.2, 0.25) is 0 Å². The molecule has 0 N–H and O–H groups in total. The average molecular weight is 399 g/mol. The molecular formula is C22H23F2N3O2. The van der Waals surface area contributed by atoms with Crippen molar-refractivity contribution < 1.29 is 18.0 Å². The van der Waals surface area contributed by atoms with Gasteiger partial charge in [-0.2, -0.15) is 13.8 Å². The number of benzene rings is 2. The van der Waals surface area contributed by atoms with Crippen LogP contribution in [0.1, 0.15) is 24.3 Å². The smallest absolute Gasteiger partial charge is 0.387 e. The van der Waals surface area contributed by atoms with Crippen LogP contribution >= 0.6 is 0 Å². The molecule has 2 aromatic carbocycles. The average Bonchev–Trinajstić information content (AvgIpc) is 3.18. The Morgan fingerprint density at radius 2 is 1.76 bits per heavy atom. The van der Waals surface area contributed by atoms with E-state index in [0.717, 1.165) is 32.4 Å². The lowest BCUT2D eigenvalue weighted by atomic mass is 9.90. The van der Waals surface area contributed by atoms with Crippen molar-refractivity contribution in [2.24, 2.45) is 5.92 Å². The second kappa shape index (κ2) is 9.13. The number of rotatable bonds is 7. The molecule has 3 aromatic rings. The molecule has 0 spiro atoms. The molecule has 4 rings (SSSR count). The molecule has 1 fully saturated rings. The van der Waals surface area contributed by atoms with Crippen LogP contribution in [0.3, 0.4) is 0 Å². The second-order valence-corrected chi connectivity index (χ2v) is 7.30. The van der Waals surface area contributed by atoms with Crippen LogP contribution in [0.4, 0.5) is 8.78 Å². The molecule has 0 amide bonds. The summed E-state index contributed by atoms with van der Waals surface area (Å²) in [4.78, 5) is 6.68. The number of likely N-dealkylation sites (tertiary alicyclic amines) is 1. The van der Waals surface area contributed by atoms with Gasteiger partial charge in [0.05, 0.1) is 12.1 Å². The number of hydrogen-bond donors (Lipinski definition) is 0. The lowest BCUT2D eigenvalue weighted by Crippen LogP contribution is -2.33. The highest BCUT2D eigenvalue weighted by atomic mass is 19.3. The molecule has 0 unspecified atom stereocenters. The van der Waals surface area contributed by atoms with E-state index >= 15 is 0 Å². The number of ether oxygens (including phenoxy) is 1. The Morgan fingerprint density at radius 1 is 1.03 bits per heavy atom. The van der Waals surface area contributed by atoms with E-state index in [1.54, 1.807) is 18.2 Å². The SMILES string of the molecule is FC(F)Oc1ccccc1-c1noc(CN2CCC(Cc3ccccc3)CC2)n1. The van der Waals surface area contributed by atoms with Gasteiger partial charge < -0.3 is 9.26 Å². The molecule has 7 heteroatoms. The number of halogens is 2. The van der Waals surface area contributed by atoms with Crippen LogP contribution in [0, 0.1) is 5.92 Å². The fourth-order valence-corrected chi connectivity index (χ4v) is 3.77. The number of nitrogens with zero attached hydrogens (tertiary/aromatic N) is 3. The van der Waals surface area contributed by atoms with Gasteiger partial charge in [-0.15, -0.1) is 0 Å². The van der Waals surface area contributed by atoms with Crippen molar-refractivity contribution in [3.05, 3.63) is 66.1 Å². The zero-order valence-corrected chi connectivity index (χ0v) is 16.0. The maximum atomic E-state index is 12.6. The summed E-state index contributed by atoms with van der Waals surface area (Å²) in [6.07, 6.45) is 3.36. The van der Waals surface area contributed by atoms with Gasteiger partial charge in [0.1, 0.15) is 5.75 Å². The molecule has 29 heavy (non-hydrogen) atoms. The molecule has 5 nitrogen and oxygen atoms in total. The van der Waals surface area contributed by atoms with Crippen molar-refractivity contribution in [3.63, 3.8) is 0 Å². The van der Waals surface area contributed by atoms with Crippen LogP contribution in [0.25, 0.3) is 11.4 Å². The van der Waals surface area contributed by atoms with Crippen molar-refractivity contribution in [1.29, 1.82) is 0 Å². The Morgan fingerprint density at radius 3 is 2.52 bits per heavy atom. The number of aromatic nitrogens is 2. The Kier molecular flexibility index (Phi) is 6.14. The molecule has 0 aliphatic carbocycles. The van der Waals surface area contributed by atoms with Crippen molar-refractivity contribution in [2.45, 2.75) is 32.4 Å². The Labute approximate surface area is 168 Å². The minimum Gasteiger partial charge on any atom is -0.434 e. The fraction of sp³-hybridized carbons (Fsp3) is 0.364. The highest BCUT2D eigenvalue weighted by molar-refractivity contribution is 5.63. The molecule has 0 saturated carbocycles. The van der Waals surface area contributed by atoms with E-state index in [9.17, 15) is 8.78 Å². The van der Waals surface area contributed by atoms with E-state index in [1.807, 2.05) is 6.07 Å². The van der Waals surface area contributed by atoms with Crippen molar-refractivity contribution in [1.82, 2.24) is 15.0 Å². The van der Waals surface area contributed by atoms with Gasteiger partial charge in [0, 0.05) is 0 Å². The number of alkyl halides is 2. The first-order chi connectivity index (χ1) is 14.2. The Bertz CT molecular complexity index is 909. The molecule has 0 atom stereocenters. The Balaban J connectivity index is 1.34. The third kappa shape index (κ3) is 5.17. The summed E-state index contributed by atoms with van der Waals surface area (Å²) >= 11 is 0. The zero-order valence-electron chi connectivity index (χ0n) is 16.0. The quantitative estimate of drug-likeness (QED) is 0.572. The van der Waals surface area contributed by atoms with E-state index < -0.39 is 6.61 Å². The first kappa shape index (κ1) is 19.5. The maximum Gasteiger partial charge on any atom is 0.387 e. The fourth-order valence-electron chi connectivity index (χ4n) is 3.77. The molecule has 1 aliphatic heterocycles. The van der Waals surface area contributed by atoms with Gasteiger partial charge in [0.2, 0.25) is 11.7 Å². The highest BCUT2D eigenvalue weighted by Gasteiger charge is 2.22. The number of para-hydroxylation sites is 1. The van der Waals surface area contributed by atoms with E-state index in [4.69, 9.17) is 4.52 Å². The lowest BCUT2D eigenvalue weighted by Gasteiger charge is -2.31. The summed E-state index contributed by atoms with van der Waals surface area (Å²) in [7, 11) is 0. The van der Waals surface area contributed by atoms with E-state index in [2.05, 4.69) is 44.0 Å². The summed E-state index contributed by atoms with van der Waals surface area (Å²) in [5.41, 5.74) is 1.78. The summed E-state index contributed by atoms with van der Waals surface area (Å²) in [5.74, 6) is 1.46. The summed E-state index contributed by atoms with van der Waals surface area (Å²) in [6, 6.07) is 17.0. The molecule has 1 saturated heterocycles. The molecule has 0 radical (unpaired) electrons. The van der Waals surface area contributed by atoms with Crippen LogP contribution in [0.5, 0.6) is 5.75 Å². The van der Waals surface area contributed by atoms with E-state index in [-0.39, 0.29) is 11.6 Å². The summed E-state index contributed by atoms with van der Waals surface area (Å²) < 4.78 is 35.1. The molecule has 1 aliphatic rings. The van der Waals surface area contributed by atoms with Crippen molar-refractivity contribution in [3.8, 4) is 17.1 Å². The van der Waals surface area contributed by atoms with Gasteiger partial charge in [0.15, 0.2) is 0 Å². The predicted molar refractivity (Wildman–Crippen MR) is 105 cm³/mol. The minimum absolute atomic E-state index is 0.0385. The van der Waals surface area contributed by atoms with Gasteiger partial charge in [-0.25, -0.2) is 0 Å². The van der Waals surface area contributed by atoms with Crippen molar-refractivity contribution >= 4 is 0 Å². The normalized spacial score (nSPS) is 15.7. The first-order valence-electron chi connectivity index (χ1n) is 9.80. The monoisotopic (exact) mass is 399 g/mol. The highest BCUT2D eigenvalue weighted by Crippen LogP contribution is 2.29. The predicted octanol–water partition coefficient (Wildman–Crippen LogP) is 4.79. The van der Waals surface area contributed by atoms with Gasteiger partial charge >= 0.3 is 6.61 Å². The van der Waals surface area contributed by atoms with Crippen molar-refractivity contribution in [2.75, 3.05) is 13.1 Å². The minimum atomic E-state index is -2.90. The third-order valence-corrected chi connectivity index (χ3v) is 5.25. The molecular weight excluding hydrogens is 376 g/mol. The van der Waals surface area contributed by atoms with Gasteiger partial charge in [-0.3, -0.25) is 4.90 Å². The molecule has 1 aromatic heterocycles. The van der Waals surface area contributed by atoms with E-state index in [1.165, 1.54) is 11.6 Å². The maximum absolute atomic E-state index is 12.6. The largest absolute Gasteiger partial charge is 0.434 e. The second-order valence-electron chi connectivity index (χ2n) is 7.30. The summed E-state index contributed by atoms with van der Waals surface area (Å²) in [5, 5.41) is 3.95. The van der Waals surface area contributed by atoms with Crippen LogP contribution < -0.4 is 4.74 Å². The topological polar surface area (TPSA) is 51.4 Å². The van der Waals surface area contributed by atoms with Gasteiger partial charge in [0.25, 0.3) is 0 Å².